The molecule has 0 spiro atoms. The van der Waals surface area contributed by atoms with Gasteiger partial charge in [-0.15, -0.1) is 0 Å². The number of methoxy groups -OCH3 is 1. The van der Waals surface area contributed by atoms with Crippen molar-refractivity contribution < 1.29 is 23.8 Å². The number of allylic oxidation sites excluding steroid dienone is 5. The van der Waals surface area contributed by atoms with Crippen LogP contribution in [-0.2, 0) is 19.1 Å². The predicted molar refractivity (Wildman–Crippen MR) is 134 cm³/mol. The van der Waals surface area contributed by atoms with E-state index in [2.05, 4.69) is 17.4 Å². The van der Waals surface area contributed by atoms with Crippen molar-refractivity contribution in [3.8, 4) is 5.75 Å². The summed E-state index contributed by atoms with van der Waals surface area (Å²) in [6.07, 6.45) is 9.76. The summed E-state index contributed by atoms with van der Waals surface area (Å²) in [5, 5.41) is 0.559. The molecule has 0 N–H and O–H groups in total. The molecule has 0 aliphatic carbocycles. The molecule has 1 aromatic rings. The summed E-state index contributed by atoms with van der Waals surface area (Å²) >= 11 is 11.9. The molecule has 7 heteroatoms. The van der Waals surface area contributed by atoms with Gasteiger partial charge in [-0.1, -0.05) is 59.2 Å². The molecule has 0 radical (unpaired) electrons. The molecule has 0 saturated carbocycles. The van der Waals surface area contributed by atoms with Crippen molar-refractivity contribution in [2.24, 2.45) is 0 Å². The first kappa shape index (κ1) is 28.5. The number of hydrogen-bond donors (Lipinski definition) is 0. The van der Waals surface area contributed by atoms with Crippen molar-refractivity contribution in [1.82, 2.24) is 0 Å². The second kappa shape index (κ2) is 15.4. The molecule has 1 rings (SSSR count). The van der Waals surface area contributed by atoms with Gasteiger partial charge in [0.25, 0.3) is 5.56 Å². The quantitative estimate of drug-likeness (QED) is 0.0974. The van der Waals surface area contributed by atoms with Gasteiger partial charge < -0.3 is 14.2 Å². The van der Waals surface area contributed by atoms with Crippen LogP contribution in [0.25, 0.3) is 0 Å². The Balaban J connectivity index is 2.50. The van der Waals surface area contributed by atoms with Crippen LogP contribution < -0.4 is 4.74 Å². The molecule has 0 amide bonds. The smallest absolute Gasteiger partial charge is 0.363 e. The van der Waals surface area contributed by atoms with Crippen LogP contribution in [0.1, 0.15) is 46.5 Å². The molecule has 0 aliphatic heterocycles. The van der Waals surface area contributed by atoms with Gasteiger partial charge in [0.05, 0.1) is 7.11 Å². The Morgan fingerprint density at radius 3 is 2.36 bits per heavy atom. The van der Waals surface area contributed by atoms with E-state index in [-0.39, 0.29) is 5.97 Å². The first-order valence-corrected chi connectivity index (χ1v) is 11.4. The molecule has 0 heterocycles. The van der Waals surface area contributed by atoms with E-state index in [0.29, 0.717) is 17.2 Å². The zero-order valence-electron chi connectivity index (χ0n) is 19.6. The molecule has 0 fully saturated rings. The molecular weight excluding hydrogens is 463 g/mol. The number of halogens is 2. The normalized spacial score (nSPS) is 14.0. The Kier molecular flexibility index (Phi) is 13.3. The maximum atomic E-state index is 12.4. The van der Waals surface area contributed by atoms with Gasteiger partial charge in [0.15, 0.2) is 0 Å². The van der Waals surface area contributed by atoms with E-state index in [1.807, 2.05) is 26.8 Å². The Morgan fingerprint density at radius 1 is 1.09 bits per heavy atom. The van der Waals surface area contributed by atoms with Crippen LogP contribution in [0.15, 0.2) is 71.9 Å². The minimum absolute atomic E-state index is 0.375. The van der Waals surface area contributed by atoms with Crippen molar-refractivity contribution in [3.63, 3.8) is 0 Å². The standard InChI is InChI=1S/C26H32Cl2O5/c1-18(2)23(33-26(30)25(28)32-22-15-13-21(27)14-16-22)17-12-20(4)9-6-8-19(3)10-7-11-24(29)31-5/h7,9-11,13-16,23,25H,1,6,8,12,17H2,2-5H3. The van der Waals surface area contributed by atoms with Crippen molar-refractivity contribution in [3.05, 3.63) is 76.9 Å². The lowest BCUT2D eigenvalue weighted by atomic mass is 10.0. The number of carbonyl (C=O) groups excluding carboxylic acids is 2. The van der Waals surface area contributed by atoms with Crippen LogP contribution in [0.4, 0.5) is 0 Å². The molecular formula is C26H32Cl2O5. The lowest BCUT2D eigenvalue weighted by Gasteiger charge is -2.20. The zero-order chi connectivity index (χ0) is 24.8. The molecule has 0 aromatic heterocycles. The average molecular weight is 495 g/mol. The molecule has 33 heavy (non-hydrogen) atoms. The second-order valence-corrected chi connectivity index (χ2v) is 8.52. The van der Waals surface area contributed by atoms with E-state index in [1.165, 1.54) is 18.8 Å². The van der Waals surface area contributed by atoms with Crippen molar-refractivity contribution >= 4 is 35.1 Å². The second-order valence-electron chi connectivity index (χ2n) is 7.68. The van der Waals surface area contributed by atoms with Gasteiger partial charge in [-0.2, -0.15) is 0 Å². The summed E-state index contributed by atoms with van der Waals surface area (Å²) in [5.74, 6) is -0.617. The van der Waals surface area contributed by atoms with E-state index < -0.39 is 17.6 Å². The highest BCUT2D eigenvalue weighted by molar-refractivity contribution is 6.30. The zero-order valence-corrected chi connectivity index (χ0v) is 21.1. The summed E-state index contributed by atoms with van der Waals surface area (Å²) in [7, 11) is 1.35. The first-order chi connectivity index (χ1) is 15.6. The van der Waals surface area contributed by atoms with Gasteiger partial charge in [0.1, 0.15) is 11.9 Å². The van der Waals surface area contributed by atoms with E-state index in [0.717, 1.165) is 30.4 Å². The third-order valence-corrected chi connectivity index (χ3v) is 5.21. The van der Waals surface area contributed by atoms with Gasteiger partial charge in [0.2, 0.25) is 0 Å². The van der Waals surface area contributed by atoms with E-state index in [4.69, 9.17) is 32.7 Å². The lowest BCUT2D eigenvalue weighted by Crippen LogP contribution is -2.29. The van der Waals surface area contributed by atoms with Crippen LogP contribution in [0.5, 0.6) is 5.75 Å². The Morgan fingerprint density at radius 2 is 1.76 bits per heavy atom. The van der Waals surface area contributed by atoms with Crippen LogP contribution >= 0.6 is 23.2 Å². The largest absolute Gasteiger partial charge is 0.466 e. The third kappa shape index (κ3) is 12.4. The molecule has 180 valence electrons. The Hall–Kier alpha value is -2.50. The highest BCUT2D eigenvalue weighted by Crippen LogP contribution is 2.21. The van der Waals surface area contributed by atoms with E-state index >= 15 is 0 Å². The minimum atomic E-state index is -1.27. The Bertz CT molecular complexity index is 884. The highest BCUT2D eigenvalue weighted by Gasteiger charge is 2.23. The number of hydrogen-bond acceptors (Lipinski definition) is 5. The summed E-state index contributed by atoms with van der Waals surface area (Å²) in [6, 6.07) is 6.55. The SMILES string of the molecule is C=C(C)C(CCC(C)=CCCC(C)=CC=CC(=O)OC)OC(=O)C(Cl)Oc1ccc(Cl)cc1. The molecule has 2 unspecified atom stereocenters. The maximum absolute atomic E-state index is 12.4. The Labute approximate surface area is 206 Å². The number of rotatable bonds is 13. The van der Waals surface area contributed by atoms with Crippen LogP contribution in [-0.4, -0.2) is 30.7 Å². The first-order valence-electron chi connectivity index (χ1n) is 10.6. The van der Waals surface area contributed by atoms with Crippen LogP contribution in [0.2, 0.25) is 5.02 Å². The number of ether oxygens (including phenoxy) is 3. The summed E-state index contributed by atoms with van der Waals surface area (Å²) in [6.45, 7) is 9.80. The fraction of sp³-hybridized carbons (Fsp3) is 0.385. The van der Waals surface area contributed by atoms with Gasteiger partial charge in [0, 0.05) is 11.1 Å². The third-order valence-electron chi connectivity index (χ3n) is 4.69. The molecule has 1 aromatic carbocycles. The topological polar surface area (TPSA) is 61.8 Å². The van der Waals surface area contributed by atoms with E-state index in [9.17, 15) is 9.59 Å². The molecule has 0 aliphatic rings. The monoisotopic (exact) mass is 494 g/mol. The van der Waals surface area contributed by atoms with Gasteiger partial charge in [-0.05, 0) is 76.3 Å². The predicted octanol–water partition coefficient (Wildman–Crippen LogP) is 6.95. The van der Waals surface area contributed by atoms with Gasteiger partial charge >= 0.3 is 11.9 Å². The summed E-state index contributed by atoms with van der Waals surface area (Å²) in [4.78, 5) is 23.4. The van der Waals surface area contributed by atoms with Crippen molar-refractivity contribution in [2.45, 2.75) is 58.1 Å². The van der Waals surface area contributed by atoms with Crippen molar-refractivity contribution in [1.29, 1.82) is 0 Å². The highest BCUT2D eigenvalue weighted by atomic mass is 35.5. The molecule has 0 saturated heterocycles. The number of alkyl halides is 1. The summed E-state index contributed by atoms with van der Waals surface area (Å²) < 4.78 is 15.5. The summed E-state index contributed by atoms with van der Waals surface area (Å²) in [5.41, 5.74) is 1.81. The van der Waals surface area contributed by atoms with Gasteiger partial charge in [-0.25, -0.2) is 9.59 Å². The van der Waals surface area contributed by atoms with Gasteiger partial charge in [-0.3, -0.25) is 0 Å². The fourth-order valence-electron chi connectivity index (χ4n) is 2.73. The lowest BCUT2D eigenvalue weighted by molar-refractivity contribution is -0.152. The fourth-order valence-corrected chi connectivity index (χ4v) is 3.01. The molecule has 2 atom stereocenters. The maximum Gasteiger partial charge on any atom is 0.363 e. The van der Waals surface area contributed by atoms with Crippen LogP contribution in [0.3, 0.4) is 0 Å². The number of carbonyl (C=O) groups is 2. The van der Waals surface area contributed by atoms with Crippen LogP contribution in [0, 0.1) is 0 Å². The molecule has 5 nitrogen and oxygen atoms in total. The van der Waals surface area contributed by atoms with Crippen molar-refractivity contribution in [2.75, 3.05) is 7.11 Å². The minimum Gasteiger partial charge on any atom is -0.466 e. The number of benzene rings is 1. The average Bonchev–Trinajstić information content (AvgIpc) is 2.77. The number of esters is 2. The van der Waals surface area contributed by atoms with E-state index in [1.54, 1.807) is 30.3 Å². The molecule has 0 bridgehead atoms.